The maximum absolute atomic E-state index is 11.8. The van der Waals surface area contributed by atoms with Gasteiger partial charge in [-0.3, -0.25) is 9.59 Å². The fourth-order valence-electron chi connectivity index (χ4n) is 1.05. The predicted octanol–water partition coefficient (Wildman–Crippen LogP) is 1.44. The van der Waals surface area contributed by atoms with E-state index in [1.54, 1.807) is 32.0 Å². The van der Waals surface area contributed by atoms with Crippen LogP contribution in [0, 0.1) is 0 Å². The maximum Gasteiger partial charge on any atom is 0.252 e. The third-order valence-electron chi connectivity index (χ3n) is 2.13. The highest BCUT2D eigenvalue weighted by atomic mass is 79.9. The number of carbonyl (C=O) groups excluding carboxylic acids is 2. The number of nitrogens with two attached hydrogens (primary N) is 1. The molecule has 1 aromatic carbocycles. The number of nitrogens with one attached hydrogen (secondary N) is 1. The monoisotopic (exact) mass is 284 g/mol. The molecule has 1 rings (SSSR count). The summed E-state index contributed by atoms with van der Waals surface area (Å²) < 4.78 is 0.803. The summed E-state index contributed by atoms with van der Waals surface area (Å²) in [6, 6.07) is 6.90. The van der Waals surface area contributed by atoms with Crippen molar-refractivity contribution < 1.29 is 9.59 Å². The van der Waals surface area contributed by atoms with Crippen molar-refractivity contribution in [1.29, 1.82) is 0 Å². The number of hydrogen-bond donors (Lipinski definition) is 2. The van der Waals surface area contributed by atoms with Crippen LogP contribution in [0.1, 0.15) is 24.2 Å². The van der Waals surface area contributed by atoms with Gasteiger partial charge in [-0.15, -0.1) is 0 Å². The number of amides is 2. The first-order chi connectivity index (χ1) is 7.33. The van der Waals surface area contributed by atoms with Gasteiger partial charge in [-0.1, -0.05) is 22.0 Å². The SMILES string of the molecule is CC(C)(NC(=O)c1cccc(Br)c1)C(N)=O. The number of rotatable bonds is 3. The fraction of sp³-hybridized carbons (Fsp3) is 0.273. The summed E-state index contributed by atoms with van der Waals surface area (Å²) in [7, 11) is 0. The number of primary amides is 1. The average molecular weight is 285 g/mol. The summed E-state index contributed by atoms with van der Waals surface area (Å²) in [5.74, 6) is -0.902. The molecule has 0 saturated heterocycles. The molecule has 0 heterocycles. The minimum absolute atomic E-state index is 0.329. The van der Waals surface area contributed by atoms with Crippen molar-refractivity contribution >= 4 is 27.7 Å². The second-order valence-electron chi connectivity index (χ2n) is 3.95. The summed E-state index contributed by atoms with van der Waals surface area (Å²) in [5, 5.41) is 2.56. The van der Waals surface area contributed by atoms with Gasteiger partial charge in [-0.2, -0.15) is 0 Å². The van der Waals surface area contributed by atoms with E-state index in [2.05, 4.69) is 21.2 Å². The fourth-order valence-corrected chi connectivity index (χ4v) is 1.45. The zero-order valence-corrected chi connectivity index (χ0v) is 10.7. The number of carbonyl (C=O) groups is 2. The molecule has 0 saturated carbocycles. The zero-order valence-electron chi connectivity index (χ0n) is 9.08. The molecule has 0 aliphatic rings. The van der Waals surface area contributed by atoms with Gasteiger partial charge in [0.25, 0.3) is 5.91 Å². The molecular weight excluding hydrogens is 272 g/mol. The molecule has 3 N–H and O–H groups in total. The smallest absolute Gasteiger partial charge is 0.252 e. The summed E-state index contributed by atoms with van der Waals surface area (Å²) in [6.45, 7) is 3.12. The molecule has 0 spiro atoms. The summed E-state index contributed by atoms with van der Waals surface area (Å²) in [4.78, 5) is 22.8. The molecule has 0 fully saturated rings. The Hall–Kier alpha value is -1.36. The average Bonchev–Trinajstić information content (AvgIpc) is 2.16. The van der Waals surface area contributed by atoms with Gasteiger partial charge in [0.05, 0.1) is 0 Å². The maximum atomic E-state index is 11.8. The van der Waals surface area contributed by atoms with Crippen molar-refractivity contribution in [3.8, 4) is 0 Å². The topological polar surface area (TPSA) is 72.2 Å². The molecule has 0 aliphatic heterocycles. The second-order valence-corrected chi connectivity index (χ2v) is 4.87. The molecule has 0 unspecified atom stereocenters. The third-order valence-corrected chi connectivity index (χ3v) is 2.62. The molecule has 0 radical (unpaired) electrons. The van der Waals surface area contributed by atoms with Crippen LogP contribution in [0.25, 0.3) is 0 Å². The molecule has 0 aliphatic carbocycles. The highest BCUT2D eigenvalue weighted by Gasteiger charge is 2.27. The quantitative estimate of drug-likeness (QED) is 0.882. The Labute approximate surface area is 102 Å². The number of halogens is 1. The predicted molar refractivity (Wildman–Crippen MR) is 64.9 cm³/mol. The van der Waals surface area contributed by atoms with Crippen molar-refractivity contribution in [2.75, 3.05) is 0 Å². The largest absolute Gasteiger partial charge is 0.368 e. The van der Waals surface area contributed by atoms with E-state index in [0.29, 0.717) is 5.56 Å². The van der Waals surface area contributed by atoms with Crippen molar-refractivity contribution in [1.82, 2.24) is 5.32 Å². The lowest BCUT2D eigenvalue weighted by atomic mass is 10.0. The van der Waals surface area contributed by atoms with Crippen LogP contribution in [-0.4, -0.2) is 17.4 Å². The minimum atomic E-state index is -1.06. The van der Waals surface area contributed by atoms with Gasteiger partial charge in [0.1, 0.15) is 5.54 Å². The molecule has 16 heavy (non-hydrogen) atoms. The molecular formula is C11H13BrN2O2. The Balaban J connectivity index is 2.85. The number of benzene rings is 1. The van der Waals surface area contributed by atoms with E-state index in [0.717, 1.165) is 4.47 Å². The van der Waals surface area contributed by atoms with Crippen LogP contribution in [0.4, 0.5) is 0 Å². The van der Waals surface area contributed by atoms with Crippen LogP contribution in [0.2, 0.25) is 0 Å². The lowest BCUT2D eigenvalue weighted by Gasteiger charge is -2.22. The Morgan fingerprint density at radius 3 is 2.50 bits per heavy atom. The van der Waals surface area contributed by atoms with Crippen LogP contribution in [0.5, 0.6) is 0 Å². The summed E-state index contributed by atoms with van der Waals surface area (Å²) in [6.07, 6.45) is 0. The summed E-state index contributed by atoms with van der Waals surface area (Å²) >= 11 is 3.27. The molecule has 4 nitrogen and oxygen atoms in total. The van der Waals surface area contributed by atoms with Crippen LogP contribution < -0.4 is 11.1 Å². The van der Waals surface area contributed by atoms with Crippen LogP contribution >= 0.6 is 15.9 Å². The van der Waals surface area contributed by atoms with Gasteiger partial charge in [0.15, 0.2) is 0 Å². The summed E-state index contributed by atoms with van der Waals surface area (Å²) in [5.41, 5.74) is 4.58. The normalized spacial score (nSPS) is 10.9. The lowest BCUT2D eigenvalue weighted by Crippen LogP contribution is -2.52. The van der Waals surface area contributed by atoms with Crippen molar-refractivity contribution in [2.24, 2.45) is 5.73 Å². The van der Waals surface area contributed by atoms with Gasteiger partial charge in [0.2, 0.25) is 5.91 Å². The van der Waals surface area contributed by atoms with Crippen LogP contribution in [-0.2, 0) is 4.79 Å². The van der Waals surface area contributed by atoms with Crippen LogP contribution in [0.15, 0.2) is 28.7 Å². The van der Waals surface area contributed by atoms with E-state index in [9.17, 15) is 9.59 Å². The lowest BCUT2D eigenvalue weighted by molar-refractivity contribution is -0.122. The molecule has 86 valence electrons. The van der Waals surface area contributed by atoms with E-state index in [-0.39, 0.29) is 5.91 Å². The molecule has 0 atom stereocenters. The Bertz CT molecular complexity index is 430. The van der Waals surface area contributed by atoms with Crippen molar-refractivity contribution in [3.05, 3.63) is 34.3 Å². The molecule has 1 aromatic rings. The Morgan fingerprint density at radius 2 is 2.00 bits per heavy atom. The molecule has 0 bridgehead atoms. The molecule has 2 amide bonds. The van der Waals surface area contributed by atoms with E-state index >= 15 is 0 Å². The van der Waals surface area contributed by atoms with Crippen molar-refractivity contribution in [3.63, 3.8) is 0 Å². The third kappa shape index (κ3) is 3.06. The van der Waals surface area contributed by atoms with Crippen molar-refractivity contribution in [2.45, 2.75) is 19.4 Å². The van der Waals surface area contributed by atoms with E-state index < -0.39 is 11.4 Å². The van der Waals surface area contributed by atoms with E-state index in [1.165, 1.54) is 0 Å². The first kappa shape index (κ1) is 12.7. The first-order valence-corrected chi connectivity index (χ1v) is 5.50. The molecule has 0 aromatic heterocycles. The van der Waals surface area contributed by atoms with Gasteiger partial charge in [-0.25, -0.2) is 0 Å². The van der Waals surface area contributed by atoms with E-state index in [4.69, 9.17) is 5.73 Å². The number of hydrogen-bond acceptors (Lipinski definition) is 2. The standard InChI is InChI=1S/C11H13BrN2O2/c1-11(2,10(13)16)14-9(15)7-4-3-5-8(12)6-7/h3-6H,1-2H3,(H2,13,16)(H,14,15). The Kier molecular flexibility index (Phi) is 3.70. The zero-order chi connectivity index (χ0) is 12.3. The highest BCUT2D eigenvalue weighted by Crippen LogP contribution is 2.12. The van der Waals surface area contributed by atoms with Gasteiger partial charge >= 0.3 is 0 Å². The van der Waals surface area contributed by atoms with Crippen LogP contribution in [0.3, 0.4) is 0 Å². The minimum Gasteiger partial charge on any atom is -0.368 e. The molecule has 5 heteroatoms. The van der Waals surface area contributed by atoms with Gasteiger partial charge < -0.3 is 11.1 Å². The van der Waals surface area contributed by atoms with Gasteiger partial charge in [-0.05, 0) is 32.0 Å². The first-order valence-electron chi connectivity index (χ1n) is 4.71. The highest BCUT2D eigenvalue weighted by molar-refractivity contribution is 9.10. The van der Waals surface area contributed by atoms with Gasteiger partial charge in [0, 0.05) is 10.0 Å². The van der Waals surface area contributed by atoms with E-state index in [1.807, 2.05) is 6.07 Å². The Morgan fingerprint density at radius 1 is 1.38 bits per heavy atom. The second kappa shape index (κ2) is 4.65.